The summed E-state index contributed by atoms with van der Waals surface area (Å²) in [5.41, 5.74) is 0.0431. The molecule has 2 fully saturated rings. The number of cyclic esters (lactones) is 1. The number of rotatable bonds is 6. The number of carbonyl (C=O) groups excluding carboxylic acids is 2. The molecular formula is C19H26N2O5S. The fourth-order valence-electron chi connectivity index (χ4n) is 3.71. The van der Waals surface area contributed by atoms with Crippen LogP contribution in [0, 0.1) is 6.92 Å². The topological polar surface area (TPSA) is 102 Å². The van der Waals surface area contributed by atoms with E-state index < -0.39 is 27.3 Å². The van der Waals surface area contributed by atoms with E-state index in [0.29, 0.717) is 25.9 Å². The average Bonchev–Trinajstić information content (AvgIpc) is 3.05. The molecular weight excluding hydrogens is 368 g/mol. The van der Waals surface area contributed by atoms with Crippen LogP contribution in [0.15, 0.2) is 29.2 Å². The first-order chi connectivity index (χ1) is 12.8. The molecule has 1 amide bonds. The van der Waals surface area contributed by atoms with Crippen molar-refractivity contribution in [3.8, 4) is 0 Å². The van der Waals surface area contributed by atoms with E-state index in [2.05, 4.69) is 10.6 Å². The van der Waals surface area contributed by atoms with E-state index in [4.69, 9.17) is 4.74 Å². The van der Waals surface area contributed by atoms with Crippen LogP contribution in [0.4, 0.5) is 0 Å². The number of benzene rings is 1. The number of aryl methyl sites for hydroxylation is 1. The molecule has 1 heterocycles. The zero-order chi connectivity index (χ0) is 19.5. The highest BCUT2D eigenvalue weighted by atomic mass is 32.2. The molecule has 3 rings (SSSR count). The monoisotopic (exact) mass is 394 g/mol. The van der Waals surface area contributed by atoms with E-state index >= 15 is 0 Å². The van der Waals surface area contributed by atoms with Crippen LogP contribution in [0.2, 0.25) is 0 Å². The normalized spacial score (nSPS) is 22.3. The number of sulfone groups is 1. The molecule has 2 aliphatic rings. The molecule has 7 nitrogen and oxygen atoms in total. The molecule has 2 N–H and O–H groups in total. The Morgan fingerprint density at radius 2 is 1.85 bits per heavy atom. The van der Waals surface area contributed by atoms with Crippen molar-refractivity contribution in [3.63, 3.8) is 0 Å². The fourth-order valence-corrected chi connectivity index (χ4v) is 4.75. The predicted molar refractivity (Wildman–Crippen MR) is 99.7 cm³/mol. The first kappa shape index (κ1) is 19.8. The molecule has 1 aliphatic heterocycles. The average molecular weight is 394 g/mol. The van der Waals surface area contributed by atoms with Crippen molar-refractivity contribution in [2.75, 3.05) is 12.5 Å². The van der Waals surface area contributed by atoms with E-state index in [1.165, 1.54) is 0 Å². The highest BCUT2D eigenvalue weighted by Gasteiger charge is 2.44. The Balaban J connectivity index is 1.70. The Kier molecular flexibility index (Phi) is 5.86. The lowest BCUT2D eigenvalue weighted by Gasteiger charge is -2.38. The van der Waals surface area contributed by atoms with Gasteiger partial charge < -0.3 is 10.1 Å². The zero-order valence-corrected chi connectivity index (χ0v) is 16.3. The van der Waals surface area contributed by atoms with Gasteiger partial charge in [-0.3, -0.25) is 14.9 Å². The Morgan fingerprint density at radius 3 is 2.44 bits per heavy atom. The zero-order valence-electron chi connectivity index (χ0n) is 15.5. The minimum absolute atomic E-state index is 0.179. The molecule has 148 valence electrons. The summed E-state index contributed by atoms with van der Waals surface area (Å²) in [5.74, 6) is -1.18. The van der Waals surface area contributed by atoms with Crippen LogP contribution < -0.4 is 10.6 Å². The van der Waals surface area contributed by atoms with E-state index in [1.807, 2.05) is 6.92 Å². The van der Waals surface area contributed by atoms with Crippen LogP contribution in [0.25, 0.3) is 0 Å². The van der Waals surface area contributed by atoms with Crippen molar-refractivity contribution in [2.45, 2.75) is 61.9 Å². The van der Waals surface area contributed by atoms with Crippen LogP contribution in [-0.2, 0) is 24.2 Å². The van der Waals surface area contributed by atoms with Crippen LogP contribution in [0.5, 0.6) is 0 Å². The molecule has 1 aromatic carbocycles. The van der Waals surface area contributed by atoms with Crippen molar-refractivity contribution < 1.29 is 22.7 Å². The van der Waals surface area contributed by atoms with Gasteiger partial charge in [0.25, 0.3) is 0 Å². The SMILES string of the molecule is Cc1ccc(S(=O)(=O)CNC(=O)C2(N[C@H]3CCOC3=O)CCCCC2)cc1. The van der Waals surface area contributed by atoms with Gasteiger partial charge in [-0.05, 0) is 31.9 Å². The predicted octanol–water partition coefficient (Wildman–Crippen LogP) is 1.45. The maximum atomic E-state index is 13.0. The second-order valence-electron chi connectivity index (χ2n) is 7.37. The van der Waals surface area contributed by atoms with Crippen LogP contribution in [-0.4, -0.2) is 44.4 Å². The Bertz CT molecular complexity index is 798. The van der Waals surface area contributed by atoms with Crippen molar-refractivity contribution in [1.82, 2.24) is 10.6 Å². The second kappa shape index (κ2) is 7.98. The van der Waals surface area contributed by atoms with E-state index in [-0.39, 0.29) is 16.8 Å². The van der Waals surface area contributed by atoms with E-state index in [1.54, 1.807) is 24.3 Å². The highest BCUT2D eigenvalue weighted by Crippen LogP contribution is 2.30. The summed E-state index contributed by atoms with van der Waals surface area (Å²) in [4.78, 5) is 25.0. The largest absolute Gasteiger partial charge is 0.464 e. The summed E-state index contributed by atoms with van der Waals surface area (Å²) in [6.07, 6.45) is 4.41. The van der Waals surface area contributed by atoms with Gasteiger partial charge in [0.2, 0.25) is 5.91 Å². The Morgan fingerprint density at radius 1 is 1.19 bits per heavy atom. The van der Waals surface area contributed by atoms with E-state index in [9.17, 15) is 18.0 Å². The maximum absolute atomic E-state index is 13.0. The number of hydrogen-bond acceptors (Lipinski definition) is 6. The molecule has 1 atom stereocenters. The molecule has 0 radical (unpaired) electrons. The van der Waals surface area contributed by atoms with Crippen molar-refractivity contribution >= 4 is 21.7 Å². The summed E-state index contributed by atoms with van der Waals surface area (Å²) in [6, 6.07) is 6.03. The molecule has 1 aliphatic carbocycles. The molecule has 8 heteroatoms. The van der Waals surface area contributed by atoms with Gasteiger partial charge in [-0.2, -0.15) is 0 Å². The van der Waals surface area contributed by atoms with Gasteiger partial charge in [-0.1, -0.05) is 37.0 Å². The fraction of sp³-hybridized carbons (Fsp3) is 0.579. The highest BCUT2D eigenvalue weighted by molar-refractivity contribution is 7.91. The molecule has 0 spiro atoms. The first-order valence-corrected chi connectivity index (χ1v) is 11.0. The summed E-state index contributed by atoms with van der Waals surface area (Å²) in [6.45, 7) is 2.22. The van der Waals surface area contributed by atoms with Gasteiger partial charge in [0, 0.05) is 6.42 Å². The molecule has 27 heavy (non-hydrogen) atoms. The van der Waals surface area contributed by atoms with Crippen LogP contribution in [0.1, 0.15) is 44.1 Å². The molecule has 1 aromatic rings. The maximum Gasteiger partial charge on any atom is 0.323 e. The van der Waals surface area contributed by atoms with Crippen molar-refractivity contribution in [2.24, 2.45) is 0 Å². The van der Waals surface area contributed by atoms with Gasteiger partial charge in [0.05, 0.1) is 17.0 Å². The third kappa shape index (κ3) is 4.50. The third-order valence-corrected chi connectivity index (χ3v) is 6.85. The van der Waals surface area contributed by atoms with Gasteiger partial charge in [0.1, 0.15) is 11.9 Å². The van der Waals surface area contributed by atoms with Gasteiger partial charge in [0.15, 0.2) is 9.84 Å². The number of esters is 1. The first-order valence-electron chi connectivity index (χ1n) is 9.34. The minimum atomic E-state index is -3.63. The van der Waals surface area contributed by atoms with Crippen LogP contribution in [0.3, 0.4) is 0 Å². The van der Waals surface area contributed by atoms with Crippen molar-refractivity contribution in [3.05, 3.63) is 29.8 Å². The lowest BCUT2D eigenvalue weighted by atomic mass is 9.80. The van der Waals surface area contributed by atoms with Crippen molar-refractivity contribution in [1.29, 1.82) is 0 Å². The molecule has 1 saturated heterocycles. The van der Waals surface area contributed by atoms with Crippen LogP contribution >= 0.6 is 0 Å². The Labute approximate surface area is 159 Å². The summed E-state index contributed by atoms with van der Waals surface area (Å²) in [5, 5.41) is 5.78. The number of carbonyl (C=O) groups is 2. The molecule has 0 bridgehead atoms. The number of ether oxygens (including phenoxy) is 1. The lowest BCUT2D eigenvalue weighted by molar-refractivity contribution is -0.141. The quantitative estimate of drug-likeness (QED) is 0.708. The molecule has 0 unspecified atom stereocenters. The second-order valence-corrected chi connectivity index (χ2v) is 9.36. The number of nitrogens with one attached hydrogen (secondary N) is 2. The number of hydrogen-bond donors (Lipinski definition) is 2. The summed E-state index contributed by atoms with van der Waals surface area (Å²) < 4.78 is 30.0. The van der Waals surface area contributed by atoms with Gasteiger partial charge >= 0.3 is 5.97 Å². The van der Waals surface area contributed by atoms with E-state index in [0.717, 1.165) is 24.8 Å². The Hall–Kier alpha value is -1.93. The minimum Gasteiger partial charge on any atom is -0.464 e. The standard InChI is InChI=1S/C19H26N2O5S/c1-14-5-7-15(8-6-14)27(24,25)13-20-18(23)19(10-3-2-4-11-19)21-16-9-12-26-17(16)22/h5-8,16,21H,2-4,9-13H2,1H3,(H,20,23)/t16-/m0/s1. The number of amides is 1. The molecule has 1 saturated carbocycles. The van der Waals surface area contributed by atoms with Gasteiger partial charge in [-0.15, -0.1) is 0 Å². The van der Waals surface area contributed by atoms with Gasteiger partial charge in [-0.25, -0.2) is 8.42 Å². The summed E-state index contributed by atoms with van der Waals surface area (Å²) in [7, 11) is -3.63. The molecule has 0 aromatic heterocycles. The smallest absolute Gasteiger partial charge is 0.323 e. The third-order valence-electron chi connectivity index (χ3n) is 5.33. The lowest BCUT2D eigenvalue weighted by Crippen LogP contribution is -2.62. The summed E-state index contributed by atoms with van der Waals surface area (Å²) >= 11 is 0.